The van der Waals surface area contributed by atoms with Crippen LogP contribution in [0, 0.1) is 0 Å². The molecule has 2 atom stereocenters. The molecule has 0 aromatic heterocycles. The van der Waals surface area contributed by atoms with Crippen LogP contribution in [-0.2, 0) is 32.7 Å². The van der Waals surface area contributed by atoms with Crippen LogP contribution in [0.25, 0.3) is 0 Å². The first-order valence-electron chi connectivity index (χ1n) is 28.7. The molecule has 0 rings (SSSR count). The molecule has 0 saturated heterocycles. The number of phosphoric acid groups is 1. The molecule has 10 heteroatoms. The van der Waals surface area contributed by atoms with E-state index in [-0.39, 0.29) is 32.6 Å². The maximum absolute atomic E-state index is 12.7. The number of nitrogens with two attached hydrogens (primary N) is 1. The maximum Gasteiger partial charge on any atom is 0.472 e. The molecule has 0 heterocycles. The number of unbranched alkanes of at least 4 members (excludes halogenated alkanes) is 17. The summed E-state index contributed by atoms with van der Waals surface area (Å²) >= 11 is 0. The first-order chi connectivity index (χ1) is 35.8. The van der Waals surface area contributed by atoms with E-state index in [1.54, 1.807) is 0 Å². The third-order valence-corrected chi connectivity index (χ3v) is 12.5. The van der Waals surface area contributed by atoms with Gasteiger partial charge in [0, 0.05) is 19.4 Å². The van der Waals surface area contributed by atoms with Gasteiger partial charge < -0.3 is 20.1 Å². The number of allylic oxidation sites excluding steroid dienone is 22. The molecule has 0 aromatic rings. The van der Waals surface area contributed by atoms with Crippen molar-refractivity contribution in [1.82, 2.24) is 0 Å². The number of phosphoric ester groups is 1. The van der Waals surface area contributed by atoms with Gasteiger partial charge in [0.25, 0.3) is 0 Å². The lowest BCUT2D eigenvalue weighted by molar-refractivity contribution is -0.161. The highest BCUT2D eigenvalue weighted by atomic mass is 31.2. The molecule has 414 valence electrons. The standard InChI is InChI=1S/C63H104NO8P/c1-3-5-7-9-11-13-15-17-19-21-23-24-25-26-27-28-29-30-31-32-33-34-35-36-38-40-42-44-46-48-50-52-54-56-63(66)72-61(60-71-73(67,68)70-58-57-64)59-69-62(65)55-53-51-49-47-45-43-41-39-37-22-20-18-16-14-12-10-8-6-4-2/h5,7,11-14,17-20,23-24,26-27,29-30,32-33,35-37,39,61H,3-4,6,8-10,15-16,21-22,25,28,31,34,38,40-60,64H2,1-2H3,(H,67,68)/b7-5-,13-11-,14-12-,19-17-,20-18-,24-23-,27-26-,30-29-,33-32-,36-35-,39-37-. The van der Waals surface area contributed by atoms with Crippen molar-refractivity contribution in [3.63, 3.8) is 0 Å². The minimum Gasteiger partial charge on any atom is -0.462 e. The van der Waals surface area contributed by atoms with Crippen LogP contribution in [0.5, 0.6) is 0 Å². The lowest BCUT2D eigenvalue weighted by atomic mass is 10.1. The summed E-state index contributed by atoms with van der Waals surface area (Å²) in [6.45, 7) is 3.56. The normalized spacial score (nSPS) is 14.1. The summed E-state index contributed by atoms with van der Waals surface area (Å²) in [5, 5.41) is 0. The summed E-state index contributed by atoms with van der Waals surface area (Å²) in [6.07, 6.45) is 80.6. The van der Waals surface area contributed by atoms with E-state index in [4.69, 9.17) is 24.3 Å². The zero-order valence-corrected chi connectivity index (χ0v) is 47.0. The topological polar surface area (TPSA) is 134 Å². The largest absolute Gasteiger partial charge is 0.472 e. The average Bonchev–Trinajstić information content (AvgIpc) is 3.38. The Morgan fingerprint density at radius 2 is 0.753 bits per heavy atom. The zero-order chi connectivity index (χ0) is 53.1. The number of hydrogen-bond acceptors (Lipinski definition) is 8. The molecule has 0 bridgehead atoms. The Labute approximate surface area is 446 Å². The van der Waals surface area contributed by atoms with Gasteiger partial charge in [-0.1, -0.05) is 225 Å². The van der Waals surface area contributed by atoms with Gasteiger partial charge in [-0.2, -0.15) is 0 Å². The van der Waals surface area contributed by atoms with E-state index in [1.165, 1.54) is 51.4 Å². The summed E-state index contributed by atoms with van der Waals surface area (Å²) < 4.78 is 33.0. The van der Waals surface area contributed by atoms with E-state index < -0.39 is 32.5 Å². The van der Waals surface area contributed by atoms with Crippen molar-refractivity contribution < 1.29 is 37.6 Å². The molecular formula is C63H104NO8P. The fraction of sp³-hybridized carbons (Fsp3) is 0.619. The Morgan fingerprint density at radius 1 is 0.425 bits per heavy atom. The van der Waals surface area contributed by atoms with Crippen molar-refractivity contribution in [2.24, 2.45) is 5.73 Å². The van der Waals surface area contributed by atoms with Crippen LogP contribution >= 0.6 is 7.82 Å². The molecule has 0 aliphatic rings. The molecule has 0 aliphatic heterocycles. The summed E-state index contributed by atoms with van der Waals surface area (Å²) in [4.78, 5) is 35.2. The number of esters is 2. The van der Waals surface area contributed by atoms with Gasteiger partial charge in [0.05, 0.1) is 13.2 Å². The van der Waals surface area contributed by atoms with Crippen LogP contribution in [0.1, 0.15) is 219 Å². The predicted molar refractivity (Wildman–Crippen MR) is 311 cm³/mol. The van der Waals surface area contributed by atoms with E-state index in [9.17, 15) is 19.0 Å². The van der Waals surface area contributed by atoms with Gasteiger partial charge in [0.2, 0.25) is 0 Å². The van der Waals surface area contributed by atoms with Gasteiger partial charge in [-0.15, -0.1) is 0 Å². The SMILES string of the molecule is CC/C=C\C/C=C\C/C=C\C/C=C\C/C=C\C/C=C\C/C=C\C/C=C\CCCCCCCCCCC(=O)OC(COC(=O)CCCCCCCC/C=C\C/C=C\C/C=C\CCCCC)COP(=O)(O)OCCN. The molecular weight excluding hydrogens is 930 g/mol. The Balaban J connectivity index is 4.07. The highest BCUT2D eigenvalue weighted by Gasteiger charge is 2.26. The van der Waals surface area contributed by atoms with Crippen molar-refractivity contribution in [2.45, 2.75) is 225 Å². The monoisotopic (exact) mass is 1030 g/mol. The van der Waals surface area contributed by atoms with Gasteiger partial charge in [-0.05, 0) is 116 Å². The smallest absolute Gasteiger partial charge is 0.462 e. The van der Waals surface area contributed by atoms with Gasteiger partial charge >= 0.3 is 19.8 Å². The lowest BCUT2D eigenvalue weighted by Crippen LogP contribution is -2.29. The molecule has 9 nitrogen and oxygen atoms in total. The zero-order valence-electron chi connectivity index (χ0n) is 46.1. The van der Waals surface area contributed by atoms with E-state index in [0.717, 1.165) is 128 Å². The maximum atomic E-state index is 12.7. The third-order valence-electron chi connectivity index (χ3n) is 11.5. The average molecular weight is 1030 g/mol. The second-order valence-corrected chi connectivity index (χ2v) is 19.9. The third kappa shape index (κ3) is 57.3. The van der Waals surface area contributed by atoms with Gasteiger partial charge in [0.15, 0.2) is 6.10 Å². The van der Waals surface area contributed by atoms with Crippen molar-refractivity contribution in [3.05, 3.63) is 134 Å². The van der Waals surface area contributed by atoms with E-state index in [2.05, 4.69) is 148 Å². The van der Waals surface area contributed by atoms with Crippen LogP contribution in [0.15, 0.2) is 134 Å². The Hall–Kier alpha value is -3.85. The molecule has 0 fully saturated rings. The fourth-order valence-electron chi connectivity index (χ4n) is 7.30. The summed E-state index contributed by atoms with van der Waals surface area (Å²) in [5.41, 5.74) is 5.38. The first kappa shape index (κ1) is 69.2. The number of rotatable bonds is 52. The highest BCUT2D eigenvalue weighted by Crippen LogP contribution is 2.43. The number of carbonyl (C=O) groups excluding carboxylic acids is 2. The van der Waals surface area contributed by atoms with Crippen molar-refractivity contribution in [2.75, 3.05) is 26.4 Å². The van der Waals surface area contributed by atoms with Gasteiger partial charge in [0.1, 0.15) is 6.61 Å². The first-order valence-corrected chi connectivity index (χ1v) is 30.2. The van der Waals surface area contributed by atoms with Crippen LogP contribution in [0.2, 0.25) is 0 Å². The molecule has 0 aliphatic carbocycles. The molecule has 0 spiro atoms. The van der Waals surface area contributed by atoms with Crippen LogP contribution in [0.3, 0.4) is 0 Å². The molecule has 3 N–H and O–H groups in total. The minimum atomic E-state index is -4.40. The predicted octanol–water partition coefficient (Wildman–Crippen LogP) is 18.2. The molecule has 2 unspecified atom stereocenters. The molecule has 73 heavy (non-hydrogen) atoms. The molecule has 0 aromatic carbocycles. The van der Waals surface area contributed by atoms with Gasteiger partial charge in [-0.3, -0.25) is 18.6 Å². The number of carbonyl (C=O) groups is 2. The van der Waals surface area contributed by atoms with E-state index >= 15 is 0 Å². The minimum absolute atomic E-state index is 0.0428. The molecule has 0 saturated carbocycles. The summed E-state index contributed by atoms with van der Waals surface area (Å²) in [5.74, 6) is -0.861. The summed E-state index contributed by atoms with van der Waals surface area (Å²) in [6, 6.07) is 0. The van der Waals surface area contributed by atoms with Crippen LogP contribution in [-0.4, -0.2) is 49.3 Å². The Bertz CT molecular complexity index is 1650. The quantitative estimate of drug-likeness (QED) is 0.0264. The second-order valence-electron chi connectivity index (χ2n) is 18.4. The van der Waals surface area contributed by atoms with E-state index in [0.29, 0.717) is 12.8 Å². The number of hydrogen-bond donors (Lipinski definition) is 2. The van der Waals surface area contributed by atoms with E-state index in [1.807, 2.05) is 0 Å². The van der Waals surface area contributed by atoms with Crippen LogP contribution in [0.4, 0.5) is 0 Å². The highest BCUT2D eigenvalue weighted by molar-refractivity contribution is 7.47. The molecule has 0 amide bonds. The Morgan fingerprint density at radius 3 is 1.12 bits per heavy atom. The molecule has 0 radical (unpaired) electrons. The Kier molecular flexibility index (Phi) is 54.4. The van der Waals surface area contributed by atoms with Gasteiger partial charge in [-0.25, -0.2) is 4.57 Å². The van der Waals surface area contributed by atoms with Crippen LogP contribution < -0.4 is 5.73 Å². The second kappa shape index (κ2) is 57.4. The lowest BCUT2D eigenvalue weighted by Gasteiger charge is -2.19. The van der Waals surface area contributed by atoms with Crippen molar-refractivity contribution in [1.29, 1.82) is 0 Å². The number of ether oxygens (including phenoxy) is 2. The summed E-state index contributed by atoms with van der Waals surface area (Å²) in [7, 11) is -4.40. The van der Waals surface area contributed by atoms with Crippen molar-refractivity contribution in [3.8, 4) is 0 Å². The van der Waals surface area contributed by atoms with Crippen molar-refractivity contribution >= 4 is 19.8 Å². The fourth-order valence-corrected chi connectivity index (χ4v) is 8.07.